The summed E-state index contributed by atoms with van der Waals surface area (Å²) < 4.78 is 5.03. The Labute approximate surface area is 101 Å². The molecule has 1 aliphatic rings. The van der Waals surface area contributed by atoms with Crippen LogP contribution in [-0.2, 0) is 4.74 Å². The number of rotatable bonds is 8. The average molecular weight is 227 g/mol. The summed E-state index contributed by atoms with van der Waals surface area (Å²) in [6.45, 7) is 5.64. The van der Waals surface area contributed by atoms with Gasteiger partial charge in [-0.15, -0.1) is 0 Å². The third kappa shape index (κ3) is 5.86. The molecule has 0 aromatic heterocycles. The highest BCUT2D eigenvalue weighted by Gasteiger charge is 2.19. The van der Waals surface area contributed by atoms with Gasteiger partial charge in [0, 0.05) is 13.7 Å². The van der Waals surface area contributed by atoms with Gasteiger partial charge in [-0.05, 0) is 50.6 Å². The number of unbranched alkanes of at least 4 members (excludes halogenated alkanes) is 1. The zero-order chi connectivity index (χ0) is 11.6. The minimum Gasteiger partial charge on any atom is -0.385 e. The summed E-state index contributed by atoms with van der Waals surface area (Å²) in [6, 6.07) is 0. The molecule has 0 aromatic carbocycles. The molecular weight excluding hydrogens is 198 g/mol. The summed E-state index contributed by atoms with van der Waals surface area (Å²) in [5.74, 6) is 1.98. The lowest BCUT2D eigenvalue weighted by Crippen LogP contribution is -2.27. The molecule has 0 bridgehead atoms. The molecule has 2 heteroatoms. The Morgan fingerprint density at radius 3 is 2.38 bits per heavy atom. The highest BCUT2D eigenvalue weighted by molar-refractivity contribution is 4.73. The number of ether oxygens (including phenoxy) is 1. The van der Waals surface area contributed by atoms with E-state index in [1.807, 2.05) is 0 Å². The van der Waals surface area contributed by atoms with Crippen molar-refractivity contribution in [3.05, 3.63) is 0 Å². The monoisotopic (exact) mass is 227 g/mol. The molecule has 0 aliphatic heterocycles. The van der Waals surface area contributed by atoms with Gasteiger partial charge >= 0.3 is 0 Å². The van der Waals surface area contributed by atoms with Crippen LogP contribution in [0.5, 0.6) is 0 Å². The van der Waals surface area contributed by atoms with Crippen LogP contribution in [0.15, 0.2) is 0 Å². The molecule has 16 heavy (non-hydrogen) atoms. The summed E-state index contributed by atoms with van der Waals surface area (Å²) >= 11 is 0. The summed E-state index contributed by atoms with van der Waals surface area (Å²) in [5, 5.41) is 3.59. The van der Waals surface area contributed by atoms with Crippen LogP contribution in [0.2, 0.25) is 0 Å². The molecule has 1 rings (SSSR count). The molecule has 1 fully saturated rings. The molecule has 96 valence electrons. The first-order valence-corrected chi connectivity index (χ1v) is 7.06. The summed E-state index contributed by atoms with van der Waals surface area (Å²) in [4.78, 5) is 0. The third-order valence-corrected chi connectivity index (χ3v) is 3.93. The fourth-order valence-electron chi connectivity index (χ4n) is 2.65. The quantitative estimate of drug-likeness (QED) is 0.643. The lowest BCUT2D eigenvalue weighted by Gasteiger charge is -2.27. The lowest BCUT2D eigenvalue weighted by molar-refractivity contribution is 0.192. The van der Waals surface area contributed by atoms with Crippen molar-refractivity contribution in [2.24, 2.45) is 11.8 Å². The minimum absolute atomic E-state index is 0.906. The van der Waals surface area contributed by atoms with Gasteiger partial charge < -0.3 is 10.1 Å². The van der Waals surface area contributed by atoms with Crippen molar-refractivity contribution in [1.29, 1.82) is 0 Å². The van der Waals surface area contributed by atoms with E-state index in [-0.39, 0.29) is 0 Å². The summed E-state index contributed by atoms with van der Waals surface area (Å²) in [5.41, 5.74) is 0. The maximum Gasteiger partial charge on any atom is 0.0462 e. The zero-order valence-corrected chi connectivity index (χ0v) is 11.1. The fraction of sp³-hybridized carbons (Fsp3) is 1.00. The first-order chi connectivity index (χ1) is 7.86. The van der Waals surface area contributed by atoms with Crippen molar-refractivity contribution >= 4 is 0 Å². The summed E-state index contributed by atoms with van der Waals surface area (Å²) in [7, 11) is 1.78. The van der Waals surface area contributed by atoms with Gasteiger partial charge in [0.2, 0.25) is 0 Å². The summed E-state index contributed by atoms with van der Waals surface area (Å²) in [6.07, 6.45) is 9.65. The smallest absolute Gasteiger partial charge is 0.0462 e. The molecule has 0 atom stereocenters. The van der Waals surface area contributed by atoms with Crippen LogP contribution in [0.1, 0.15) is 51.9 Å². The van der Waals surface area contributed by atoms with Gasteiger partial charge in [-0.2, -0.15) is 0 Å². The van der Waals surface area contributed by atoms with Crippen LogP contribution in [-0.4, -0.2) is 26.8 Å². The number of methoxy groups -OCH3 is 1. The van der Waals surface area contributed by atoms with E-state index in [4.69, 9.17) is 4.74 Å². The minimum atomic E-state index is 0.906. The van der Waals surface area contributed by atoms with E-state index in [1.165, 1.54) is 51.5 Å². The first-order valence-electron chi connectivity index (χ1n) is 7.06. The van der Waals surface area contributed by atoms with Crippen molar-refractivity contribution in [2.75, 3.05) is 26.8 Å². The van der Waals surface area contributed by atoms with Crippen LogP contribution >= 0.6 is 0 Å². The molecule has 0 spiro atoms. The second-order valence-corrected chi connectivity index (χ2v) is 5.20. The maximum absolute atomic E-state index is 5.03. The predicted octanol–water partition coefficient (Wildman–Crippen LogP) is 3.22. The zero-order valence-electron chi connectivity index (χ0n) is 11.1. The third-order valence-electron chi connectivity index (χ3n) is 3.93. The van der Waals surface area contributed by atoms with Gasteiger partial charge in [0.25, 0.3) is 0 Å². The van der Waals surface area contributed by atoms with Crippen molar-refractivity contribution in [2.45, 2.75) is 51.9 Å². The molecule has 0 amide bonds. The molecule has 0 saturated heterocycles. The van der Waals surface area contributed by atoms with E-state index in [0.717, 1.165) is 25.0 Å². The Morgan fingerprint density at radius 1 is 1.06 bits per heavy atom. The Bertz CT molecular complexity index is 153. The largest absolute Gasteiger partial charge is 0.385 e. The normalized spacial score (nSPS) is 25.9. The molecule has 0 aromatic rings. The van der Waals surface area contributed by atoms with Crippen molar-refractivity contribution in [3.8, 4) is 0 Å². The Balaban J connectivity index is 1.90. The topological polar surface area (TPSA) is 21.3 Å². The van der Waals surface area contributed by atoms with Crippen molar-refractivity contribution in [1.82, 2.24) is 5.32 Å². The Hall–Kier alpha value is -0.0800. The lowest BCUT2D eigenvalue weighted by atomic mass is 9.81. The van der Waals surface area contributed by atoms with Gasteiger partial charge in [0.05, 0.1) is 0 Å². The van der Waals surface area contributed by atoms with Gasteiger partial charge in [0.15, 0.2) is 0 Å². The van der Waals surface area contributed by atoms with Crippen LogP contribution < -0.4 is 5.32 Å². The average Bonchev–Trinajstić information content (AvgIpc) is 2.34. The van der Waals surface area contributed by atoms with E-state index in [1.54, 1.807) is 7.11 Å². The Kier molecular flexibility index (Phi) is 7.87. The predicted molar refractivity (Wildman–Crippen MR) is 69.7 cm³/mol. The molecule has 1 N–H and O–H groups in total. The maximum atomic E-state index is 5.03. The molecule has 0 heterocycles. The molecule has 1 aliphatic carbocycles. The van der Waals surface area contributed by atoms with Gasteiger partial charge in [-0.25, -0.2) is 0 Å². The number of nitrogens with one attached hydrogen (secondary N) is 1. The van der Waals surface area contributed by atoms with E-state index >= 15 is 0 Å². The standard InChI is InChI=1S/C14H29NO/c1-3-13-6-8-14(9-7-13)12-15-10-4-5-11-16-2/h13-15H,3-12H2,1-2H3. The second kappa shape index (κ2) is 9.00. The van der Waals surface area contributed by atoms with E-state index in [9.17, 15) is 0 Å². The fourth-order valence-corrected chi connectivity index (χ4v) is 2.65. The van der Waals surface area contributed by atoms with Crippen molar-refractivity contribution in [3.63, 3.8) is 0 Å². The second-order valence-electron chi connectivity index (χ2n) is 5.20. The molecule has 2 nitrogen and oxygen atoms in total. The van der Waals surface area contributed by atoms with Gasteiger partial charge in [-0.3, -0.25) is 0 Å². The SMILES string of the molecule is CCC1CCC(CNCCCCOC)CC1. The van der Waals surface area contributed by atoms with Crippen LogP contribution in [0.25, 0.3) is 0 Å². The van der Waals surface area contributed by atoms with E-state index in [2.05, 4.69) is 12.2 Å². The highest BCUT2D eigenvalue weighted by atomic mass is 16.5. The van der Waals surface area contributed by atoms with Gasteiger partial charge in [-0.1, -0.05) is 26.2 Å². The van der Waals surface area contributed by atoms with Crippen LogP contribution in [0.4, 0.5) is 0 Å². The van der Waals surface area contributed by atoms with Crippen LogP contribution in [0.3, 0.4) is 0 Å². The first kappa shape index (κ1) is 14.0. The van der Waals surface area contributed by atoms with E-state index in [0.29, 0.717) is 0 Å². The number of hydrogen-bond acceptors (Lipinski definition) is 2. The van der Waals surface area contributed by atoms with Crippen LogP contribution in [0, 0.1) is 11.8 Å². The molecule has 1 saturated carbocycles. The highest BCUT2D eigenvalue weighted by Crippen LogP contribution is 2.29. The Morgan fingerprint density at radius 2 is 1.75 bits per heavy atom. The van der Waals surface area contributed by atoms with E-state index < -0.39 is 0 Å². The van der Waals surface area contributed by atoms with Gasteiger partial charge in [0.1, 0.15) is 0 Å². The number of hydrogen-bond donors (Lipinski definition) is 1. The van der Waals surface area contributed by atoms with Crippen molar-refractivity contribution < 1.29 is 4.74 Å². The molecule has 0 unspecified atom stereocenters. The molecular formula is C14H29NO. The molecule has 0 radical (unpaired) electrons.